The van der Waals surface area contributed by atoms with Gasteiger partial charge in [-0.15, -0.1) is 6.58 Å². The van der Waals surface area contributed by atoms with Crippen molar-refractivity contribution in [3.05, 3.63) is 83.3 Å². The molecule has 0 N–H and O–H groups in total. The topological polar surface area (TPSA) is 57.7 Å². The van der Waals surface area contributed by atoms with Crippen molar-refractivity contribution in [1.29, 1.82) is 0 Å². The molecule has 0 unspecified atom stereocenters. The predicted molar refractivity (Wildman–Crippen MR) is 120 cm³/mol. The molecule has 5 nitrogen and oxygen atoms in total. The standard InChI is InChI=1S/C24H26N2O3S/c1-2-16-26-21-15-9-8-14-20(21)22(19-12-6-5-7-13-19)23(30(26,28)29)24(27)25-17-10-3-4-11-18-25/h2,5-9,12-15H,1,3-4,10-11,16-18H2. The number of anilines is 1. The van der Waals surface area contributed by atoms with Crippen LogP contribution in [0, 0.1) is 0 Å². The molecule has 2 heterocycles. The first-order chi connectivity index (χ1) is 14.6. The Bertz CT molecular complexity index is 1080. The molecule has 0 aromatic heterocycles. The molecule has 1 saturated heterocycles. The first kappa shape index (κ1) is 20.4. The van der Waals surface area contributed by atoms with Crippen LogP contribution in [0.5, 0.6) is 0 Å². The lowest BCUT2D eigenvalue weighted by molar-refractivity contribution is -0.126. The summed E-state index contributed by atoms with van der Waals surface area (Å²) in [5, 5.41) is 0. The van der Waals surface area contributed by atoms with Gasteiger partial charge in [0.2, 0.25) is 0 Å². The van der Waals surface area contributed by atoms with Crippen molar-refractivity contribution in [3.63, 3.8) is 0 Å². The van der Waals surface area contributed by atoms with Gasteiger partial charge in [0.1, 0.15) is 0 Å². The van der Waals surface area contributed by atoms with E-state index in [1.165, 1.54) is 4.31 Å². The summed E-state index contributed by atoms with van der Waals surface area (Å²) < 4.78 is 28.9. The number of para-hydroxylation sites is 1. The minimum absolute atomic E-state index is 0.109. The van der Waals surface area contributed by atoms with Crippen molar-refractivity contribution in [2.24, 2.45) is 0 Å². The SMILES string of the molecule is C=CCN1c2ccccc2C(c2ccccc2)=C(C(=O)N2CCCCCC2)S1(=O)=O. The third kappa shape index (κ3) is 3.56. The fraction of sp³-hybridized carbons (Fsp3) is 0.292. The van der Waals surface area contributed by atoms with E-state index < -0.39 is 15.9 Å². The summed E-state index contributed by atoms with van der Waals surface area (Å²) in [6, 6.07) is 16.7. The number of carbonyl (C=O) groups is 1. The van der Waals surface area contributed by atoms with E-state index in [4.69, 9.17) is 0 Å². The summed E-state index contributed by atoms with van der Waals surface area (Å²) in [7, 11) is -4.05. The molecule has 156 valence electrons. The highest BCUT2D eigenvalue weighted by Crippen LogP contribution is 2.43. The molecule has 0 aliphatic carbocycles. The molecule has 1 amide bonds. The van der Waals surface area contributed by atoms with Gasteiger partial charge in [0.15, 0.2) is 4.91 Å². The normalized spacial score (nSPS) is 18.5. The van der Waals surface area contributed by atoms with Gasteiger partial charge in [-0.25, -0.2) is 8.42 Å². The summed E-state index contributed by atoms with van der Waals surface area (Å²) >= 11 is 0. The Hall–Kier alpha value is -2.86. The van der Waals surface area contributed by atoms with E-state index in [0.717, 1.165) is 36.8 Å². The molecule has 2 aliphatic heterocycles. The van der Waals surface area contributed by atoms with Crippen molar-refractivity contribution in [2.45, 2.75) is 25.7 Å². The molecule has 4 rings (SSSR count). The molecule has 1 fully saturated rings. The summed E-state index contributed by atoms with van der Waals surface area (Å²) in [5.41, 5.74) is 2.54. The van der Waals surface area contributed by atoms with Crippen LogP contribution in [0.25, 0.3) is 5.57 Å². The number of carbonyl (C=O) groups excluding carboxylic acids is 1. The van der Waals surface area contributed by atoms with Crippen molar-refractivity contribution >= 4 is 27.2 Å². The van der Waals surface area contributed by atoms with Gasteiger partial charge in [0.05, 0.1) is 12.2 Å². The van der Waals surface area contributed by atoms with Crippen LogP contribution in [0.4, 0.5) is 5.69 Å². The van der Waals surface area contributed by atoms with Gasteiger partial charge in [0, 0.05) is 24.2 Å². The van der Waals surface area contributed by atoms with E-state index >= 15 is 0 Å². The predicted octanol–water partition coefficient (Wildman–Crippen LogP) is 4.18. The van der Waals surface area contributed by atoms with Crippen molar-refractivity contribution < 1.29 is 13.2 Å². The smallest absolute Gasteiger partial charge is 0.270 e. The zero-order chi connectivity index (χ0) is 21.1. The van der Waals surface area contributed by atoms with Crippen molar-refractivity contribution in [1.82, 2.24) is 4.90 Å². The zero-order valence-electron chi connectivity index (χ0n) is 17.0. The number of rotatable bonds is 4. The molecule has 2 aliphatic rings. The highest BCUT2D eigenvalue weighted by atomic mass is 32.2. The first-order valence-electron chi connectivity index (χ1n) is 10.4. The second kappa shape index (κ2) is 8.48. The lowest BCUT2D eigenvalue weighted by atomic mass is 9.95. The molecule has 2 aromatic carbocycles. The Morgan fingerprint density at radius 3 is 2.23 bits per heavy atom. The van der Waals surface area contributed by atoms with Crippen molar-refractivity contribution in [2.75, 3.05) is 23.9 Å². The summed E-state index contributed by atoms with van der Waals surface area (Å²) in [6.07, 6.45) is 5.47. The van der Waals surface area contributed by atoms with Gasteiger partial charge in [-0.1, -0.05) is 67.4 Å². The average molecular weight is 423 g/mol. The summed E-state index contributed by atoms with van der Waals surface area (Å²) in [6.45, 7) is 5.01. The minimum Gasteiger partial charge on any atom is -0.338 e. The fourth-order valence-electron chi connectivity index (χ4n) is 4.23. The van der Waals surface area contributed by atoms with E-state index in [1.54, 1.807) is 17.0 Å². The number of likely N-dealkylation sites (tertiary alicyclic amines) is 1. The molecule has 0 atom stereocenters. The molecule has 0 saturated carbocycles. The lowest BCUT2D eigenvalue weighted by Crippen LogP contribution is -2.43. The molecule has 6 heteroatoms. The van der Waals surface area contributed by atoms with Gasteiger partial charge in [0.25, 0.3) is 15.9 Å². The van der Waals surface area contributed by atoms with Crippen LogP contribution >= 0.6 is 0 Å². The number of hydrogen-bond donors (Lipinski definition) is 0. The molecule has 0 radical (unpaired) electrons. The van der Waals surface area contributed by atoms with Crippen LogP contribution in [0.15, 0.2) is 72.2 Å². The maximum absolute atomic E-state index is 13.8. The monoisotopic (exact) mass is 422 g/mol. The van der Waals surface area contributed by atoms with E-state index in [2.05, 4.69) is 6.58 Å². The van der Waals surface area contributed by atoms with Crippen LogP contribution in [0.2, 0.25) is 0 Å². The van der Waals surface area contributed by atoms with Crippen LogP contribution in [0.3, 0.4) is 0 Å². The van der Waals surface area contributed by atoms with Crippen LogP contribution in [0.1, 0.15) is 36.8 Å². The van der Waals surface area contributed by atoms with Crippen LogP contribution < -0.4 is 4.31 Å². The van der Waals surface area contributed by atoms with Crippen molar-refractivity contribution in [3.8, 4) is 0 Å². The van der Waals surface area contributed by atoms with Gasteiger partial charge in [-0.05, 0) is 24.5 Å². The molecule has 2 aromatic rings. The Morgan fingerprint density at radius 2 is 1.57 bits per heavy atom. The van der Waals surface area contributed by atoms with Gasteiger partial charge in [-0.2, -0.15) is 0 Å². The Morgan fingerprint density at radius 1 is 0.933 bits per heavy atom. The maximum atomic E-state index is 13.8. The van der Waals surface area contributed by atoms with Crippen LogP contribution in [-0.2, 0) is 14.8 Å². The first-order valence-corrected chi connectivity index (χ1v) is 11.8. The summed E-state index contributed by atoms with van der Waals surface area (Å²) in [5.74, 6) is -0.403. The maximum Gasteiger partial charge on any atom is 0.270 e. The fourth-order valence-corrected chi connectivity index (χ4v) is 6.01. The highest BCUT2D eigenvalue weighted by molar-refractivity contribution is 7.97. The number of hydrogen-bond acceptors (Lipinski definition) is 3. The number of amides is 1. The van der Waals surface area contributed by atoms with Crippen LogP contribution in [-0.4, -0.2) is 38.9 Å². The van der Waals surface area contributed by atoms with Gasteiger partial charge in [-0.3, -0.25) is 9.10 Å². The highest BCUT2D eigenvalue weighted by Gasteiger charge is 2.42. The number of sulfonamides is 1. The molecular weight excluding hydrogens is 396 g/mol. The van der Waals surface area contributed by atoms with Gasteiger partial charge < -0.3 is 4.90 Å². The average Bonchev–Trinajstić information content (AvgIpc) is 3.05. The number of benzene rings is 2. The molecule has 0 bridgehead atoms. The third-order valence-corrected chi connectivity index (χ3v) is 7.48. The summed E-state index contributed by atoms with van der Waals surface area (Å²) in [4.78, 5) is 15.3. The minimum atomic E-state index is -4.05. The van der Waals surface area contributed by atoms with E-state index in [9.17, 15) is 13.2 Å². The molecule has 0 spiro atoms. The van der Waals surface area contributed by atoms with E-state index in [1.807, 2.05) is 48.5 Å². The molecular formula is C24H26N2O3S. The second-order valence-corrected chi connectivity index (χ2v) is 9.42. The van der Waals surface area contributed by atoms with E-state index in [0.29, 0.717) is 24.4 Å². The Balaban J connectivity index is 2.00. The number of nitrogens with zero attached hydrogens (tertiary/aromatic N) is 2. The van der Waals surface area contributed by atoms with Gasteiger partial charge >= 0.3 is 0 Å². The number of fused-ring (bicyclic) bond motifs is 1. The quantitative estimate of drug-likeness (QED) is 0.695. The van der Waals surface area contributed by atoms with E-state index in [-0.39, 0.29) is 11.4 Å². The Kier molecular flexibility index (Phi) is 5.77. The largest absolute Gasteiger partial charge is 0.338 e. The Labute approximate surface area is 178 Å². The third-order valence-electron chi connectivity index (χ3n) is 5.66. The lowest BCUT2D eigenvalue weighted by Gasteiger charge is -2.34. The second-order valence-electron chi connectivity index (χ2n) is 7.62. The molecule has 30 heavy (non-hydrogen) atoms. The zero-order valence-corrected chi connectivity index (χ0v) is 17.8.